The van der Waals surface area contributed by atoms with Crippen molar-refractivity contribution in [3.63, 3.8) is 0 Å². The maximum atomic E-state index is 13.9. The molecule has 0 spiro atoms. The van der Waals surface area contributed by atoms with Crippen LogP contribution in [0.25, 0.3) is 0 Å². The first kappa shape index (κ1) is 29.2. The van der Waals surface area contributed by atoms with Crippen molar-refractivity contribution in [1.82, 2.24) is 10.2 Å². The molecule has 0 fully saturated rings. The summed E-state index contributed by atoms with van der Waals surface area (Å²) in [5, 5.41) is 3.33. The number of unbranched alkanes of at least 4 members (excludes halogenated alkanes) is 1. The fourth-order valence-corrected chi connectivity index (χ4v) is 5.60. The Labute approximate surface area is 230 Å². The number of para-hydroxylation sites is 1. The van der Waals surface area contributed by atoms with Crippen LogP contribution in [0.15, 0.2) is 89.8 Å². The van der Waals surface area contributed by atoms with Gasteiger partial charge < -0.3 is 10.2 Å². The minimum absolute atomic E-state index is 0.0116. The summed E-state index contributed by atoms with van der Waals surface area (Å²) in [6.07, 6.45) is 2.14. The first-order valence-corrected chi connectivity index (χ1v) is 14.5. The lowest BCUT2D eigenvalue weighted by Gasteiger charge is -2.33. The molecule has 3 aromatic carbocycles. The third-order valence-electron chi connectivity index (χ3n) is 6.14. The summed E-state index contributed by atoms with van der Waals surface area (Å²) < 4.78 is 28.6. The molecule has 0 aliphatic carbocycles. The lowest BCUT2D eigenvalue weighted by atomic mass is 10.1. The van der Waals surface area contributed by atoms with Crippen molar-refractivity contribution in [3.05, 3.63) is 95.5 Å². The molecular formula is C29H34ClN3O4S. The van der Waals surface area contributed by atoms with E-state index in [0.717, 1.165) is 22.7 Å². The molecule has 0 bridgehead atoms. The van der Waals surface area contributed by atoms with E-state index < -0.39 is 28.5 Å². The zero-order chi connectivity index (χ0) is 27.5. The molecule has 0 aliphatic rings. The molecule has 38 heavy (non-hydrogen) atoms. The Morgan fingerprint density at radius 1 is 0.895 bits per heavy atom. The van der Waals surface area contributed by atoms with Crippen LogP contribution in [-0.4, -0.2) is 44.3 Å². The van der Waals surface area contributed by atoms with E-state index in [-0.39, 0.29) is 17.3 Å². The summed E-state index contributed by atoms with van der Waals surface area (Å²) in [5.41, 5.74) is 1.18. The second kappa shape index (κ2) is 14.0. The first-order chi connectivity index (χ1) is 18.3. The zero-order valence-electron chi connectivity index (χ0n) is 21.7. The van der Waals surface area contributed by atoms with Crippen LogP contribution in [0.5, 0.6) is 0 Å². The highest BCUT2D eigenvalue weighted by atomic mass is 35.5. The summed E-state index contributed by atoms with van der Waals surface area (Å²) in [5.74, 6) is -0.732. The Kier molecular flexibility index (Phi) is 10.7. The second-order valence-corrected chi connectivity index (χ2v) is 11.2. The third-order valence-corrected chi connectivity index (χ3v) is 8.18. The molecule has 2 amide bonds. The largest absolute Gasteiger partial charge is 0.354 e. The van der Waals surface area contributed by atoms with E-state index >= 15 is 0 Å². The predicted octanol–water partition coefficient (Wildman–Crippen LogP) is 5.26. The number of sulfonamides is 1. The first-order valence-electron chi connectivity index (χ1n) is 12.7. The quantitative estimate of drug-likeness (QED) is 0.291. The maximum absolute atomic E-state index is 13.9. The number of nitrogens with zero attached hydrogens (tertiary/aromatic N) is 2. The van der Waals surface area contributed by atoms with Crippen molar-refractivity contribution in [2.24, 2.45) is 0 Å². The van der Waals surface area contributed by atoms with E-state index in [1.165, 1.54) is 29.2 Å². The number of carbonyl (C=O) groups is 2. The maximum Gasteiger partial charge on any atom is 0.264 e. The van der Waals surface area contributed by atoms with Crippen LogP contribution in [0.3, 0.4) is 0 Å². The number of anilines is 1. The molecule has 0 heterocycles. The molecule has 7 nitrogen and oxygen atoms in total. The minimum Gasteiger partial charge on any atom is -0.354 e. The smallest absolute Gasteiger partial charge is 0.264 e. The number of hydrogen-bond donors (Lipinski definition) is 1. The third kappa shape index (κ3) is 7.58. The molecule has 0 saturated carbocycles. The molecule has 3 aromatic rings. The number of rotatable bonds is 13. The van der Waals surface area contributed by atoms with E-state index in [2.05, 4.69) is 5.32 Å². The lowest BCUT2D eigenvalue weighted by Crippen LogP contribution is -2.52. The molecule has 1 atom stereocenters. The van der Waals surface area contributed by atoms with Crippen LogP contribution in [0.1, 0.15) is 38.7 Å². The predicted molar refractivity (Wildman–Crippen MR) is 151 cm³/mol. The summed E-state index contributed by atoms with van der Waals surface area (Å²) >= 11 is 5.98. The van der Waals surface area contributed by atoms with Gasteiger partial charge in [0.25, 0.3) is 10.0 Å². The van der Waals surface area contributed by atoms with Crippen molar-refractivity contribution < 1.29 is 18.0 Å². The van der Waals surface area contributed by atoms with Crippen LogP contribution < -0.4 is 9.62 Å². The zero-order valence-corrected chi connectivity index (χ0v) is 23.3. The van der Waals surface area contributed by atoms with E-state index in [1.807, 2.05) is 44.2 Å². The fraction of sp³-hybridized carbons (Fsp3) is 0.310. The van der Waals surface area contributed by atoms with E-state index in [1.54, 1.807) is 30.3 Å². The van der Waals surface area contributed by atoms with Crippen molar-refractivity contribution >= 4 is 39.1 Å². The highest BCUT2D eigenvalue weighted by Gasteiger charge is 2.33. The molecule has 0 aliphatic heterocycles. The molecule has 0 aromatic heterocycles. The van der Waals surface area contributed by atoms with E-state index in [0.29, 0.717) is 23.7 Å². The van der Waals surface area contributed by atoms with Crippen molar-refractivity contribution in [1.29, 1.82) is 0 Å². The van der Waals surface area contributed by atoms with Crippen LogP contribution >= 0.6 is 11.6 Å². The Morgan fingerprint density at radius 2 is 1.50 bits per heavy atom. The van der Waals surface area contributed by atoms with Gasteiger partial charge in [-0.15, -0.1) is 0 Å². The van der Waals surface area contributed by atoms with Gasteiger partial charge in [-0.25, -0.2) is 8.42 Å². The molecule has 0 radical (unpaired) electrons. The Bertz CT molecular complexity index is 1290. The van der Waals surface area contributed by atoms with Crippen molar-refractivity contribution in [2.75, 3.05) is 17.4 Å². The summed E-state index contributed by atoms with van der Waals surface area (Å²) in [6.45, 7) is 4.09. The highest BCUT2D eigenvalue weighted by molar-refractivity contribution is 7.92. The molecule has 3 rings (SSSR count). The van der Waals surface area contributed by atoms with Gasteiger partial charge in [-0.3, -0.25) is 13.9 Å². The summed E-state index contributed by atoms with van der Waals surface area (Å²) in [6, 6.07) is 22.9. The molecule has 9 heteroatoms. The number of carbonyl (C=O) groups excluding carboxylic acids is 2. The molecule has 1 unspecified atom stereocenters. The van der Waals surface area contributed by atoms with Crippen LogP contribution in [0.2, 0.25) is 5.02 Å². The number of amides is 2. The fourth-order valence-electron chi connectivity index (χ4n) is 4.06. The van der Waals surface area contributed by atoms with E-state index in [4.69, 9.17) is 11.6 Å². The van der Waals surface area contributed by atoms with Gasteiger partial charge in [0.1, 0.15) is 12.6 Å². The molecule has 1 N–H and O–H groups in total. The van der Waals surface area contributed by atoms with Crippen molar-refractivity contribution in [2.45, 2.75) is 50.6 Å². The standard InChI is InChI=1S/C29H34ClN3O4S/c1-3-5-20-31-29(35)27(4-2)32(21-23-12-8-6-9-13-23)28(34)22-33(25-14-10-7-11-15-25)38(36,37)26-18-16-24(30)17-19-26/h6-19,27H,3-5,20-22H2,1-2H3,(H,31,35). The topological polar surface area (TPSA) is 86.8 Å². The van der Waals surface area contributed by atoms with Crippen LogP contribution in [0, 0.1) is 0 Å². The van der Waals surface area contributed by atoms with Gasteiger partial charge in [0.15, 0.2) is 0 Å². The summed E-state index contributed by atoms with van der Waals surface area (Å²) in [7, 11) is -4.12. The molecule has 0 saturated heterocycles. The van der Waals surface area contributed by atoms with E-state index in [9.17, 15) is 18.0 Å². The Morgan fingerprint density at radius 3 is 2.08 bits per heavy atom. The Hall–Kier alpha value is -3.36. The van der Waals surface area contributed by atoms with Gasteiger partial charge in [0.05, 0.1) is 10.6 Å². The van der Waals surface area contributed by atoms with Gasteiger partial charge in [0.2, 0.25) is 11.8 Å². The average molecular weight is 556 g/mol. The number of nitrogens with one attached hydrogen (secondary N) is 1. The normalized spacial score (nSPS) is 12.0. The molecular weight excluding hydrogens is 522 g/mol. The van der Waals surface area contributed by atoms with Crippen LogP contribution in [-0.2, 0) is 26.2 Å². The monoisotopic (exact) mass is 555 g/mol. The van der Waals surface area contributed by atoms with Crippen LogP contribution in [0.4, 0.5) is 5.69 Å². The van der Waals surface area contributed by atoms with Gasteiger partial charge in [-0.05, 0) is 54.8 Å². The Balaban J connectivity index is 1.99. The van der Waals surface area contributed by atoms with Gasteiger partial charge in [-0.2, -0.15) is 0 Å². The average Bonchev–Trinajstić information content (AvgIpc) is 2.93. The number of hydrogen-bond acceptors (Lipinski definition) is 4. The second-order valence-electron chi connectivity index (χ2n) is 8.88. The van der Waals surface area contributed by atoms with Gasteiger partial charge in [0, 0.05) is 18.1 Å². The SMILES string of the molecule is CCCCNC(=O)C(CC)N(Cc1ccccc1)C(=O)CN(c1ccccc1)S(=O)(=O)c1ccc(Cl)cc1. The number of halogens is 1. The molecule has 202 valence electrons. The van der Waals surface area contributed by atoms with Crippen molar-refractivity contribution in [3.8, 4) is 0 Å². The minimum atomic E-state index is -4.12. The summed E-state index contributed by atoms with van der Waals surface area (Å²) in [4.78, 5) is 28.5. The lowest BCUT2D eigenvalue weighted by molar-refractivity contribution is -0.140. The highest BCUT2D eigenvalue weighted by Crippen LogP contribution is 2.25. The van der Waals surface area contributed by atoms with Gasteiger partial charge >= 0.3 is 0 Å². The van der Waals surface area contributed by atoms with Gasteiger partial charge in [-0.1, -0.05) is 80.4 Å². The number of benzene rings is 3.